The van der Waals surface area contributed by atoms with Gasteiger partial charge in [-0.3, -0.25) is 14.9 Å². The molecule has 0 spiro atoms. The number of nitrogens with zero attached hydrogens (tertiary/aromatic N) is 2. The number of piperazine rings is 1. The van der Waals surface area contributed by atoms with Gasteiger partial charge in [-0.2, -0.15) is 0 Å². The first-order valence-corrected chi connectivity index (χ1v) is 11.7. The zero-order valence-electron chi connectivity index (χ0n) is 18.9. The number of rotatable bonds is 4. The van der Waals surface area contributed by atoms with Gasteiger partial charge in [-0.05, 0) is 68.5 Å². The lowest BCUT2D eigenvalue weighted by Crippen LogP contribution is -2.48. The summed E-state index contributed by atoms with van der Waals surface area (Å²) in [6.07, 6.45) is 1.50. The quantitative estimate of drug-likeness (QED) is 0.512. The molecule has 3 aromatic rings. The van der Waals surface area contributed by atoms with Gasteiger partial charge in [0, 0.05) is 37.4 Å². The maximum atomic E-state index is 12.5. The number of nitrogens with one attached hydrogen (secondary N) is 2. The molecule has 0 saturated carbocycles. The summed E-state index contributed by atoms with van der Waals surface area (Å²) < 4.78 is 5.21. The minimum absolute atomic E-state index is 0.105. The molecule has 2 N–H and O–H groups in total. The number of hydrogen-bond donors (Lipinski definition) is 2. The van der Waals surface area contributed by atoms with E-state index in [1.54, 1.807) is 23.1 Å². The molecule has 0 bridgehead atoms. The number of halogens is 1. The SMILES string of the molecule is Cc1cc(C)cc(C(=O)NC(=S)Nc2ccc(N3CCN(C(=O)c4ccco4)CC3)c(Cl)c2)c1. The van der Waals surface area contributed by atoms with Crippen LogP contribution in [-0.2, 0) is 0 Å². The summed E-state index contributed by atoms with van der Waals surface area (Å²) in [4.78, 5) is 28.9. The number of anilines is 2. The number of amides is 2. The molecule has 1 aliphatic heterocycles. The van der Waals surface area contributed by atoms with E-state index in [2.05, 4.69) is 15.5 Å². The van der Waals surface area contributed by atoms with Gasteiger partial charge in [0.25, 0.3) is 11.8 Å². The maximum Gasteiger partial charge on any atom is 0.289 e. The van der Waals surface area contributed by atoms with Crippen molar-refractivity contribution in [3.8, 4) is 0 Å². The fraction of sp³-hybridized carbons (Fsp3) is 0.240. The molecule has 34 heavy (non-hydrogen) atoms. The van der Waals surface area contributed by atoms with Crippen LogP contribution < -0.4 is 15.5 Å². The predicted octanol–water partition coefficient (Wildman–Crippen LogP) is 4.64. The largest absolute Gasteiger partial charge is 0.459 e. The van der Waals surface area contributed by atoms with Crippen LogP contribution >= 0.6 is 23.8 Å². The molecule has 2 heterocycles. The maximum absolute atomic E-state index is 12.5. The van der Waals surface area contributed by atoms with E-state index in [-0.39, 0.29) is 16.9 Å². The smallest absolute Gasteiger partial charge is 0.289 e. The van der Waals surface area contributed by atoms with Crippen LogP contribution in [0.5, 0.6) is 0 Å². The highest BCUT2D eigenvalue weighted by Crippen LogP contribution is 2.30. The van der Waals surface area contributed by atoms with Crippen molar-refractivity contribution < 1.29 is 14.0 Å². The lowest BCUT2D eigenvalue weighted by molar-refractivity contribution is 0.0714. The molecule has 2 amide bonds. The first kappa shape index (κ1) is 23.8. The van der Waals surface area contributed by atoms with E-state index in [1.807, 2.05) is 44.2 Å². The van der Waals surface area contributed by atoms with Crippen molar-refractivity contribution in [1.82, 2.24) is 10.2 Å². The third kappa shape index (κ3) is 5.58. The van der Waals surface area contributed by atoms with Crippen molar-refractivity contribution in [2.75, 3.05) is 36.4 Å². The van der Waals surface area contributed by atoms with E-state index in [4.69, 9.17) is 28.2 Å². The minimum atomic E-state index is -0.269. The van der Waals surface area contributed by atoms with Crippen molar-refractivity contribution in [2.24, 2.45) is 0 Å². The fourth-order valence-corrected chi connectivity index (χ4v) is 4.50. The molecular formula is C25H25ClN4O3S. The Morgan fingerprint density at radius 3 is 2.32 bits per heavy atom. The first-order valence-electron chi connectivity index (χ1n) is 10.9. The Balaban J connectivity index is 1.33. The summed E-state index contributed by atoms with van der Waals surface area (Å²) in [7, 11) is 0. The molecule has 4 rings (SSSR count). The summed E-state index contributed by atoms with van der Waals surface area (Å²) in [5, 5.41) is 6.47. The van der Waals surface area contributed by atoms with Crippen LogP contribution in [0.1, 0.15) is 32.0 Å². The van der Waals surface area contributed by atoms with Gasteiger partial charge in [0.2, 0.25) is 0 Å². The van der Waals surface area contributed by atoms with Crippen LogP contribution in [0.3, 0.4) is 0 Å². The highest BCUT2D eigenvalue weighted by molar-refractivity contribution is 7.80. The standard InChI is InChI=1S/C25H25ClN4O3S/c1-16-12-17(2)14-18(13-16)23(31)28-25(34)27-19-5-6-21(20(26)15-19)29-7-9-30(10-8-29)24(32)22-4-3-11-33-22/h3-6,11-15H,7-10H2,1-2H3,(H2,27,28,31,34). The summed E-state index contributed by atoms with van der Waals surface area (Å²) in [6.45, 7) is 6.35. The Labute approximate surface area is 208 Å². The Kier molecular flexibility index (Phi) is 7.19. The topological polar surface area (TPSA) is 77.8 Å². The van der Waals surface area contributed by atoms with Gasteiger partial charge in [-0.1, -0.05) is 28.8 Å². The lowest BCUT2D eigenvalue weighted by atomic mass is 10.1. The van der Waals surface area contributed by atoms with Crippen molar-refractivity contribution in [1.29, 1.82) is 0 Å². The Morgan fingerprint density at radius 1 is 1.00 bits per heavy atom. The Bertz CT molecular complexity index is 1200. The number of carbonyl (C=O) groups is 2. The van der Waals surface area contributed by atoms with Crippen LogP contribution in [0.15, 0.2) is 59.2 Å². The van der Waals surface area contributed by atoms with E-state index in [9.17, 15) is 9.59 Å². The van der Waals surface area contributed by atoms with Crippen LogP contribution in [0, 0.1) is 13.8 Å². The van der Waals surface area contributed by atoms with Crippen LogP contribution in [-0.4, -0.2) is 48.0 Å². The highest BCUT2D eigenvalue weighted by atomic mass is 35.5. The van der Waals surface area contributed by atoms with Crippen molar-refractivity contribution in [3.05, 3.63) is 82.3 Å². The Hall–Kier alpha value is -3.36. The second-order valence-corrected chi connectivity index (χ2v) is 9.02. The van der Waals surface area contributed by atoms with Gasteiger partial charge in [0.1, 0.15) is 0 Å². The zero-order valence-corrected chi connectivity index (χ0v) is 20.5. The van der Waals surface area contributed by atoms with E-state index >= 15 is 0 Å². The lowest BCUT2D eigenvalue weighted by Gasteiger charge is -2.36. The van der Waals surface area contributed by atoms with E-state index in [1.165, 1.54) is 6.26 Å². The summed E-state index contributed by atoms with van der Waals surface area (Å²) in [5.41, 5.74) is 4.13. The molecule has 0 unspecified atom stereocenters. The molecule has 0 radical (unpaired) electrons. The molecule has 7 nitrogen and oxygen atoms in total. The molecule has 1 aromatic heterocycles. The number of furan rings is 1. The number of thiocarbonyl (C=S) groups is 1. The zero-order chi connectivity index (χ0) is 24.2. The predicted molar refractivity (Wildman–Crippen MR) is 138 cm³/mol. The molecular weight excluding hydrogens is 472 g/mol. The van der Waals surface area contributed by atoms with Gasteiger partial charge in [0.05, 0.1) is 17.0 Å². The summed E-state index contributed by atoms with van der Waals surface area (Å²) in [5.74, 6) is -0.0248. The second-order valence-electron chi connectivity index (χ2n) is 8.21. The highest BCUT2D eigenvalue weighted by Gasteiger charge is 2.24. The summed E-state index contributed by atoms with van der Waals surface area (Å²) >= 11 is 11.9. The number of benzene rings is 2. The van der Waals surface area contributed by atoms with Crippen molar-refractivity contribution in [2.45, 2.75) is 13.8 Å². The van der Waals surface area contributed by atoms with E-state index in [0.29, 0.717) is 48.2 Å². The molecule has 176 valence electrons. The third-order valence-electron chi connectivity index (χ3n) is 5.56. The number of hydrogen-bond acceptors (Lipinski definition) is 5. The van der Waals surface area contributed by atoms with Crippen LogP contribution in [0.4, 0.5) is 11.4 Å². The molecule has 2 aromatic carbocycles. The van der Waals surface area contributed by atoms with Gasteiger partial charge < -0.3 is 19.5 Å². The van der Waals surface area contributed by atoms with Crippen LogP contribution in [0.2, 0.25) is 5.02 Å². The minimum Gasteiger partial charge on any atom is -0.459 e. The molecule has 1 aliphatic rings. The summed E-state index contributed by atoms with van der Waals surface area (Å²) in [6, 6.07) is 14.6. The number of carbonyl (C=O) groups excluding carboxylic acids is 2. The molecule has 0 atom stereocenters. The van der Waals surface area contributed by atoms with E-state index < -0.39 is 0 Å². The van der Waals surface area contributed by atoms with Crippen molar-refractivity contribution >= 4 is 52.1 Å². The van der Waals surface area contributed by atoms with Gasteiger partial charge in [0.15, 0.2) is 10.9 Å². The average molecular weight is 497 g/mol. The van der Waals surface area contributed by atoms with Gasteiger partial charge >= 0.3 is 0 Å². The van der Waals surface area contributed by atoms with Crippen molar-refractivity contribution in [3.63, 3.8) is 0 Å². The molecule has 1 saturated heterocycles. The van der Waals surface area contributed by atoms with Gasteiger partial charge in [-0.15, -0.1) is 0 Å². The van der Waals surface area contributed by atoms with Crippen LogP contribution in [0.25, 0.3) is 0 Å². The second kappa shape index (κ2) is 10.3. The molecule has 9 heteroatoms. The van der Waals surface area contributed by atoms with E-state index in [0.717, 1.165) is 16.8 Å². The average Bonchev–Trinajstić information content (AvgIpc) is 3.33. The number of aryl methyl sites for hydroxylation is 2. The Morgan fingerprint density at radius 2 is 1.71 bits per heavy atom. The third-order valence-corrected chi connectivity index (χ3v) is 6.06. The first-order chi connectivity index (χ1) is 16.3. The monoisotopic (exact) mass is 496 g/mol. The van der Waals surface area contributed by atoms with Gasteiger partial charge in [-0.25, -0.2) is 0 Å². The fourth-order valence-electron chi connectivity index (χ4n) is 3.99. The molecule has 0 aliphatic carbocycles. The normalized spacial score (nSPS) is 13.5. The molecule has 1 fully saturated rings.